The number of phenolic OH excluding ortho intramolecular Hbond substituents is 1. The first kappa shape index (κ1) is 19.6. The average molecular weight is 417 g/mol. The smallest absolute Gasteiger partial charge is 0.285 e. The molecule has 0 fully saturated rings. The van der Waals surface area contributed by atoms with E-state index in [0.29, 0.717) is 0 Å². The van der Waals surface area contributed by atoms with Gasteiger partial charge in [-0.1, -0.05) is 66.2 Å². The molecule has 0 saturated heterocycles. The maximum Gasteiger partial charge on any atom is 0.285 e. The SMILES string of the molecule is Cc1ccc(S(=O)(=O)n2nc(C=Cc3ccccc3)nc2-c2ccccc2O)cc1. The van der Waals surface area contributed by atoms with Crippen molar-refractivity contribution in [1.29, 1.82) is 0 Å². The van der Waals surface area contributed by atoms with Crippen molar-refractivity contribution in [3.63, 3.8) is 0 Å². The van der Waals surface area contributed by atoms with Crippen LogP contribution in [0.1, 0.15) is 17.0 Å². The summed E-state index contributed by atoms with van der Waals surface area (Å²) >= 11 is 0. The third-order valence-corrected chi connectivity index (χ3v) is 6.09. The molecule has 1 aromatic heterocycles. The molecule has 0 aliphatic carbocycles. The summed E-state index contributed by atoms with van der Waals surface area (Å²) in [6, 6.07) is 22.5. The Bertz CT molecular complexity index is 1310. The van der Waals surface area contributed by atoms with Gasteiger partial charge in [0.15, 0.2) is 11.6 Å². The molecule has 0 radical (unpaired) electrons. The Morgan fingerprint density at radius 2 is 1.53 bits per heavy atom. The third kappa shape index (κ3) is 3.88. The van der Waals surface area contributed by atoms with Crippen molar-refractivity contribution >= 4 is 22.2 Å². The lowest BCUT2D eigenvalue weighted by Gasteiger charge is -2.08. The summed E-state index contributed by atoms with van der Waals surface area (Å²) in [4.78, 5) is 4.48. The van der Waals surface area contributed by atoms with E-state index in [-0.39, 0.29) is 27.9 Å². The molecule has 0 amide bonds. The Morgan fingerprint density at radius 3 is 2.23 bits per heavy atom. The zero-order valence-electron chi connectivity index (χ0n) is 16.2. The van der Waals surface area contributed by atoms with Crippen molar-refractivity contribution in [2.75, 3.05) is 0 Å². The lowest BCUT2D eigenvalue weighted by molar-refractivity contribution is 0.476. The van der Waals surface area contributed by atoms with Gasteiger partial charge in [0, 0.05) is 0 Å². The van der Waals surface area contributed by atoms with Gasteiger partial charge < -0.3 is 5.11 Å². The molecule has 150 valence electrons. The van der Waals surface area contributed by atoms with Crippen LogP contribution in [0.2, 0.25) is 0 Å². The Hall–Kier alpha value is -3.71. The minimum Gasteiger partial charge on any atom is -0.507 e. The Morgan fingerprint density at radius 1 is 0.867 bits per heavy atom. The summed E-state index contributed by atoms with van der Waals surface area (Å²) in [7, 11) is -4.02. The maximum absolute atomic E-state index is 13.3. The highest BCUT2D eigenvalue weighted by Crippen LogP contribution is 2.30. The van der Waals surface area contributed by atoms with Gasteiger partial charge in [-0.05, 0) is 42.8 Å². The summed E-state index contributed by atoms with van der Waals surface area (Å²) in [5.74, 6) is 0.179. The number of benzene rings is 3. The molecule has 3 aromatic carbocycles. The fourth-order valence-electron chi connectivity index (χ4n) is 2.92. The van der Waals surface area contributed by atoms with E-state index >= 15 is 0 Å². The highest BCUT2D eigenvalue weighted by Gasteiger charge is 2.25. The van der Waals surface area contributed by atoms with Gasteiger partial charge in [-0.2, -0.15) is 8.42 Å². The van der Waals surface area contributed by atoms with Gasteiger partial charge in [-0.25, -0.2) is 4.98 Å². The minimum atomic E-state index is -4.02. The van der Waals surface area contributed by atoms with Gasteiger partial charge in [0.1, 0.15) is 5.75 Å². The molecule has 6 nitrogen and oxygen atoms in total. The fraction of sp³-hybridized carbons (Fsp3) is 0.0435. The quantitative estimate of drug-likeness (QED) is 0.521. The molecule has 7 heteroatoms. The number of phenols is 1. The number of aryl methyl sites for hydroxylation is 1. The number of hydrogen-bond acceptors (Lipinski definition) is 5. The molecule has 0 atom stereocenters. The monoisotopic (exact) mass is 417 g/mol. The highest BCUT2D eigenvalue weighted by molar-refractivity contribution is 7.90. The first-order valence-electron chi connectivity index (χ1n) is 9.26. The van der Waals surface area contributed by atoms with E-state index in [4.69, 9.17) is 0 Å². The van der Waals surface area contributed by atoms with Gasteiger partial charge >= 0.3 is 0 Å². The lowest BCUT2D eigenvalue weighted by Crippen LogP contribution is -2.16. The first-order valence-corrected chi connectivity index (χ1v) is 10.7. The first-order chi connectivity index (χ1) is 14.4. The van der Waals surface area contributed by atoms with Crippen molar-refractivity contribution in [2.45, 2.75) is 11.8 Å². The summed E-state index contributed by atoms with van der Waals surface area (Å²) in [6.45, 7) is 1.88. The summed E-state index contributed by atoms with van der Waals surface area (Å²) in [6.07, 6.45) is 3.44. The Kier molecular flexibility index (Phi) is 5.20. The summed E-state index contributed by atoms with van der Waals surface area (Å²) < 4.78 is 27.5. The Balaban J connectivity index is 1.86. The van der Waals surface area contributed by atoms with E-state index in [1.807, 2.05) is 37.3 Å². The van der Waals surface area contributed by atoms with Crippen LogP contribution in [0.25, 0.3) is 23.5 Å². The van der Waals surface area contributed by atoms with E-state index in [9.17, 15) is 13.5 Å². The standard InChI is InChI=1S/C23H19N3O3S/c1-17-11-14-19(15-12-17)30(28,29)26-23(20-9-5-6-10-21(20)27)24-22(25-26)16-13-18-7-3-2-4-8-18/h2-16,27H,1H3. The number of nitrogens with zero attached hydrogens (tertiary/aromatic N) is 3. The second-order valence-corrected chi connectivity index (χ2v) is 8.48. The molecule has 0 saturated carbocycles. The van der Waals surface area contributed by atoms with Crippen LogP contribution >= 0.6 is 0 Å². The largest absolute Gasteiger partial charge is 0.507 e. The predicted molar refractivity (Wildman–Crippen MR) is 116 cm³/mol. The second kappa shape index (κ2) is 7.96. The van der Waals surface area contributed by atoms with Crippen molar-refractivity contribution in [2.24, 2.45) is 0 Å². The molecule has 30 heavy (non-hydrogen) atoms. The molecule has 0 spiro atoms. The zero-order valence-corrected chi connectivity index (χ0v) is 17.0. The van der Waals surface area contributed by atoms with Crippen molar-refractivity contribution in [1.82, 2.24) is 14.2 Å². The zero-order chi connectivity index (χ0) is 21.1. The second-order valence-electron chi connectivity index (χ2n) is 6.72. The van der Waals surface area contributed by atoms with Gasteiger partial charge in [0.05, 0.1) is 10.5 Å². The fourth-order valence-corrected chi connectivity index (χ4v) is 4.16. The molecule has 1 N–H and O–H groups in total. The Labute approximate surface area is 174 Å². The predicted octanol–water partition coefficient (Wildman–Crippen LogP) is 4.37. The number of para-hydroxylation sites is 1. The van der Waals surface area contributed by atoms with E-state index in [1.165, 1.54) is 18.2 Å². The van der Waals surface area contributed by atoms with Crippen molar-refractivity contribution in [3.05, 3.63) is 95.8 Å². The molecule has 0 bridgehead atoms. The van der Waals surface area contributed by atoms with Gasteiger partial charge in [0.2, 0.25) is 0 Å². The van der Waals surface area contributed by atoms with Crippen LogP contribution in [0.15, 0.2) is 83.8 Å². The van der Waals surface area contributed by atoms with E-state index < -0.39 is 10.0 Å². The summed E-state index contributed by atoms with van der Waals surface area (Å²) in [5.41, 5.74) is 2.15. The van der Waals surface area contributed by atoms with Gasteiger partial charge in [-0.3, -0.25) is 0 Å². The number of aromatic hydroxyl groups is 1. The van der Waals surface area contributed by atoms with Crippen LogP contribution < -0.4 is 0 Å². The van der Waals surface area contributed by atoms with Crippen LogP contribution in [0.5, 0.6) is 5.75 Å². The molecule has 4 rings (SSSR count). The van der Waals surface area contributed by atoms with E-state index in [2.05, 4.69) is 10.1 Å². The number of hydrogen-bond donors (Lipinski definition) is 1. The van der Waals surface area contributed by atoms with Crippen LogP contribution in [0.4, 0.5) is 0 Å². The minimum absolute atomic E-state index is 0.0430. The number of rotatable bonds is 5. The van der Waals surface area contributed by atoms with Crippen LogP contribution in [0.3, 0.4) is 0 Å². The van der Waals surface area contributed by atoms with E-state index in [0.717, 1.165) is 15.2 Å². The molecule has 0 aliphatic rings. The average Bonchev–Trinajstić information content (AvgIpc) is 3.19. The van der Waals surface area contributed by atoms with Crippen LogP contribution in [-0.2, 0) is 10.0 Å². The molecular weight excluding hydrogens is 398 g/mol. The maximum atomic E-state index is 13.3. The van der Waals surface area contributed by atoms with E-state index in [1.54, 1.807) is 42.5 Å². The van der Waals surface area contributed by atoms with Gasteiger partial charge in [-0.15, -0.1) is 9.19 Å². The molecule has 4 aromatic rings. The molecule has 1 heterocycles. The lowest BCUT2D eigenvalue weighted by atomic mass is 10.2. The highest BCUT2D eigenvalue weighted by atomic mass is 32.2. The normalized spacial score (nSPS) is 11.8. The number of aromatic nitrogens is 3. The molecular formula is C23H19N3O3S. The van der Waals surface area contributed by atoms with Crippen molar-refractivity contribution < 1.29 is 13.5 Å². The molecule has 0 aliphatic heterocycles. The third-order valence-electron chi connectivity index (χ3n) is 4.51. The topological polar surface area (TPSA) is 85.1 Å². The van der Waals surface area contributed by atoms with Crippen molar-refractivity contribution in [3.8, 4) is 17.1 Å². The van der Waals surface area contributed by atoms with Crippen LogP contribution in [0, 0.1) is 6.92 Å². The van der Waals surface area contributed by atoms with Crippen LogP contribution in [-0.4, -0.2) is 27.7 Å². The van der Waals surface area contributed by atoms with Gasteiger partial charge in [0.25, 0.3) is 10.0 Å². The molecule has 0 unspecified atom stereocenters. The summed E-state index contributed by atoms with van der Waals surface area (Å²) in [5, 5.41) is 14.5.